The van der Waals surface area contributed by atoms with E-state index in [0.29, 0.717) is 17.3 Å². The van der Waals surface area contributed by atoms with Crippen molar-refractivity contribution in [3.63, 3.8) is 0 Å². The number of aromatic nitrogens is 10. The van der Waals surface area contributed by atoms with Crippen molar-refractivity contribution >= 4 is 87.0 Å². The van der Waals surface area contributed by atoms with Gasteiger partial charge in [-0.3, -0.25) is 0 Å². The number of fused-ring (bicyclic) bond motifs is 10. The van der Waals surface area contributed by atoms with E-state index >= 15 is 0 Å². The van der Waals surface area contributed by atoms with Gasteiger partial charge < -0.3 is 0 Å². The van der Waals surface area contributed by atoms with Gasteiger partial charge in [-0.25, -0.2) is 49.8 Å². The summed E-state index contributed by atoms with van der Waals surface area (Å²) in [6, 6.07) is 139. The highest BCUT2D eigenvalue weighted by molar-refractivity contribution is 6.14. The molecule has 8 aromatic heterocycles. The van der Waals surface area contributed by atoms with E-state index in [9.17, 15) is 0 Å². The molecule has 22 rings (SSSR count). The van der Waals surface area contributed by atoms with Crippen LogP contribution in [-0.4, -0.2) is 49.8 Å². The second-order valence-corrected chi connectivity index (χ2v) is 29.0. The molecule has 0 amide bonds. The zero-order chi connectivity index (χ0) is 76.8. The molecule has 0 aliphatic heterocycles. The number of nitrogens with zero attached hydrogens (tertiary/aromatic N) is 10. The predicted molar refractivity (Wildman–Crippen MR) is 476 cm³/mol. The molecule has 0 spiro atoms. The van der Waals surface area contributed by atoms with Gasteiger partial charge in [0.1, 0.15) is 11.4 Å². The lowest BCUT2D eigenvalue weighted by molar-refractivity contribution is 1.16. The van der Waals surface area contributed by atoms with Crippen molar-refractivity contribution in [3.05, 3.63) is 400 Å². The molecule has 10 nitrogen and oxygen atoms in total. The van der Waals surface area contributed by atoms with E-state index in [4.69, 9.17) is 49.8 Å². The highest BCUT2D eigenvalue weighted by atomic mass is 14.9. The van der Waals surface area contributed by atoms with Crippen molar-refractivity contribution in [1.29, 1.82) is 0 Å². The maximum atomic E-state index is 5.20. The van der Waals surface area contributed by atoms with Crippen LogP contribution >= 0.6 is 0 Å². The third kappa shape index (κ3) is 13.4. The molecular weight excluding hydrogens is 1410 g/mol. The molecule has 10 heteroatoms. The second kappa shape index (κ2) is 29.5. The van der Waals surface area contributed by atoms with Gasteiger partial charge in [0.25, 0.3) is 0 Å². The van der Waals surface area contributed by atoms with Crippen LogP contribution in [-0.2, 0) is 0 Å². The topological polar surface area (TPSA) is 129 Å². The fourth-order valence-corrected chi connectivity index (χ4v) is 15.7. The molecule has 0 unspecified atom stereocenters. The van der Waals surface area contributed by atoms with Crippen LogP contribution in [0.2, 0.25) is 0 Å². The molecule has 0 atom stereocenters. The molecule has 116 heavy (non-hydrogen) atoms. The first-order valence-corrected chi connectivity index (χ1v) is 38.8. The second-order valence-electron chi connectivity index (χ2n) is 29.0. The van der Waals surface area contributed by atoms with Gasteiger partial charge in [0.05, 0.1) is 78.7 Å². The first-order chi connectivity index (χ1) is 57.4. The number of hydrogen-bond acceptors (Lipinski definition) is 10. The van der Waals surface area contributed by atoms with E-state index < -0.39 is 0 Å². The Balaban J connectivity index is 0.000000148. The van der Waals surface area contributed by atoms with Crippen molar-refractivity contribution < 1.29 is 0 Å². The minimum absolute atomic E-state index is 0.578. The van der Waals surface area contributed by atoms with E-state index in [1.807, 2.05) is 115 Å². The Morgan fingerprint density at radius 2 is 0.405 bits per heavy atom. The van der Waals surface area contributed by atoms with Crippen LogP contribution in [0, 0.1) is 0 Å². The minimum atomic E-state index is 0.578. The van der Waals surface area contributed by atoms with Crippen molar-refractivity contribution in [3.8, 4) is 135 Å². The molecule has 8 heterocycles. The maximum absolute atomic E-state index is 5.20. The first-order valence-electron chi connectivity index (χ1n) is 38.8. The lowest BCUT2D eigenvalue weighted by Crippen LogP contribution is -1.97. The van der Waals surface area contributed by atoms with E-state index in [1.165, 1.54) is 27.1 Å². The SMILES string of the molecule is c1ccc(-c2cc(-c3ccccc3)nc(-c3ccc4ccc(-c5ccc6ccc(-c7cc8ccccc8c8ccccc78)cc6n5)cc4n3)n2)cc1.c1ccc(-c2cc(-c3ccccc3)nc(-c3ccc4ccc(-c5ccc6ccc(-c7ccc(-c8ccc9ccc%10ccc(-c%11ccccc%11)nc%10c9n8)cc7)cc6n5)cc4n3)n2)cc1. The zero-order valence-corrected chi connectivity index (χ0v) is 62.6. The summed E-state index contributed by atoms with van der Waals surface area (Å²) in [5.74, 6) is 1.17. The molecule has 0 bridgehead atoms. The number of pyridine rings is 6. The van der Waals surface area contributed by atoms with Gasteiger partial charge in [0, 0.05) is 76.8 Å². The molecule has 540 valence electrons. The lowest BCUT2D eigenvalue weighted by Gasteiger charge is -2.12. The van der Waals surface area contributed by atoms with Crippen LogP contribution in [0.1, 0.15) is 0 Å². The van der Waals surface area contributed by atoms with Gasteiger partial charge in [-0.15, -0.1) is 0 Å². The molecule has 0 aliphatic rings. The molecule has 0 N–H and O–H groups in total. The normalized spacial score (nSPS) is 11.4. The maximum Gasteiger partial charge on any atom is 0.179 e. The van der Waals surface area contributed by atoms with Crippen molar-refractivity contribution in [2.45, 2.75) is 0 Å². The van der Waals surface area contributed by atoms with E-state index in [1.54, 1.807) is 0 Å². The average Bonchev–Trinajstić information content (AvgIpc) is 0.757. The van der Waals surface area contributed by atoms with Gasteiger partial charge in [-0.2, -0.15) is 0 Å². The molecule has 22 aromatic rings. The van der Waals surface area contributed by atoms with Gasteiger partial charge in [0.2, 0.25) is 0 Å². The Labute approximate surface area is 668 Å². The predicted octanol–water partition coefficient (Wildman–Crippen LogP) is 26.6. The summed E-state index contributed by atoms with van der Waals surface area (Å²) >= 11 is 0. The molecule has 0 fully saturated rings. The fraction of sp³-hybridized carbons (Fsp3) is 0. The first kappa shape index (κ1) is 68.3. The summed E-state index contributed by atoms with van der Waals surface area (Å²) in [5.41, 5.74) is 26.7. The van der Waals surface area contributed by atoms with Crippen LogP contribution in [0.3, 0.4) is 0 Å². The summed E-state index contributed by atoms with van der Waals surface area (Å²) in [6.07, 6.45) is 0. The highest BCUT2D eigenvalue weighted by Crippen LogP contribution is 2.40. The van der Waals surface area contributed by atoms with Crippen LogP contribution < -0.4 is 0 Å². The van der Waals surface area contributed by atoms with Crippen LogP contribution in [0.15, 0.2) is 400 Å². The van der Waals surface area contributed by atoms with Crippen LogP contribution in [0.25, 0.3) is 222 Å². The number of hydrogen-bond donors (Lipinski definition) is 0. The summed E-state index contributed by atoms with van der Waals surface area (Å²) in [6.45, 7) is 0. The van der Waals surface area contributed by atoms with Gasteiger partial charge in [-0.1, -0.05) is 322 Å². The number of benzene rings is 14. The minimum Gasteiger partial charge on any atom is -0.248 e. The van der Waals surface area contributed by atoms with E-state index in [-0.39, 0.29) is 0 Å². The average molecular weight is 1480 g/mol. The quantitative estimate of drug-likeness (QED) is 0.109. The zero-order valence-electron chi connectivity index (χ0n) is 62.6. The Morgan fingerprint density at radius 1 is 0.129 bits per heavy atom. The standard InChI is InChI=1S/C58H36N6.C48H30N4/c1-4-10-38(11-5-1)48-31-28-44-22-23-45-29-32-49(62-57(45)56(44)61-48)41-18-16-37(17-19-41)46-24-20-42-26-30-50(59-52(42)34-46)47-25-21-43-27-33-51(60-53(43)35-47)58-63-54(39-12-6-2-7-13-39)36-55(64-58)40-14-8-3-9-15-40;1-3-11-31(12-4-1)46-30-47(32-13-5-2-6-14-32)52-48(51-46)43-26-24-34-20-22-37(29-45(34)50-43)42-25-23-33-19-21-36(28-44(33)49-42)41-27-35-15-7-8-16-38(35)39-17-9-10-18-40(39)41/h1-36H;1-30H. The molecule has 0 saturated carbocycles. The van der Waals surface area contributed by atoms with Crippen molar-refractivity contribution in [2.24, 2.45) is 0 Å². The van der Waals surface area contributed by atoms with Crippen LogP contribution in [0.4, 0.5) is 0 Å². The Hall–Kier alpha value is -15.8. The van der Waals surface area contributed by atoms with Crippen molar-refractivity contribution in [2.75, 3.05) is 0 Å². The van der Waals surface area contributed by atoms with Gasteiger partial charge >= 0.3 is 0 Å². The van der Waals surface area contributed by atoms with Crippen LogP contribution in [0.5, 0.6) is 0 Å². The molecule has 0 aliphatic carbocycles. The van der Waals surface area contributed by atoms with E-state index in [0.717, 1.165) is 178 Å². The van der Waals surface area contributed by atoms with Crippen molar-refractivity contribution in [1.82, 2.24) is 49.8 Å². The van der Waals surface area contributed by atoms with E-state index in [2.05, 4.69) is 285 Å². The molecular formula is C106H66N10. The monoisotopic (exact) mass is 1480 g/mol. The summed E-state index contributed by atoms with van der Waals surface area (Å²) in [4.78, 5) is 50.9. The molecule has 0 radical (unpaired) electrons. The fourth-order valence-electron chi connectivity index (χ4n) is 15.7. The van der Waals surface area contributed by atoms with Gasteiger partial charge in [0.15, 0.2) is 11.6 Å². The summed E-state index contributed by atoms with van der Waals surface area (Å²) < 4.78 is 0. The Morgan fingerprint density at radius 3 is 0.836 bits per heavy atom. The Bertz CT molecular complexity index is 7440. The number of rotatable bonds is 12. The highest BCUT2D eigenvalue weighted by Gasteiger charge is 2.19. The Kier molecular flexibility index (Phi) is 17.3. The summed E-state index contributed by atoms with van der Waals surface area (Å²) in [5, 5.41) is 11.4. The molecule has 0 saturated heterocycles. The van der Waals surface area contributed by atoms with Gasteiger partial charge in [-0.05, 0) is 123 Å². The molecule has 14 aromatic carbocycles. The largest absolute Gasteiger partial charge is 0.248 e. The third-order valence-electron chi connectivity index (χ3n) is 21.7. The summed E-state index contributed by atoms with van der Waals surface area (Å²) in [7, 11) is 0. The smallest absolute Gasteiger partial charge is 0.179 e. The third-order valence-corrected chi connectivity index (χ3v) is 21.7. The lowest BCUT2D eigenvalue weighted by atomic mass is 9.93.